The van der Waals surface area contributed by atoms with E-state index in [1.54, 1.807) is 13.8 Å². The van der Waals surface area contributed by atoms with Crippen molar-refractivity contribution in [2.75, 3.05) is 26.2 Å². The molecular formula is C17H27N3O4. The predicted molar refractivity (Wildman–Crippen MR) is 90.5 cm³/mol. The van der Waals surface area contributed by atoms with Crippen LogP contribution in [-0.2, 0) is 14.3 Å². The van der Waals surface area contributed by atoms with Gasteiger partial charge in [-0.25, -0.2) is 19.5 Å². The summed E-state index contributed by atoms with van der Waals surface area (Å²) >= 11 is 0. The third kappa shape index (κ3) is 4.27. The summed E-state index contributed by atoms with van der Waals surface area (Å²) in [4.78, 5) is 32.8. The molecule has 7 heteroatoms. The molecule has 0 saturated carbocycles. The summed E-state index contributed by atoms with van der Waals surface area (Å²) in [5, 5.41) is 0. The molecule has 1 fully saturated rings. The summed E-state index contributed by atoms with van der Waals surface area (Å²) in [6.07, 6.45) is 1.63. The molecule has 0 N–H and O–H groups in total. The van der Waals surface area contributed by atoms with Crippen LogP contribution in [0.4, 0.5) is 4.79 Å². The molecule has 0 aromatic rings. The second-order valence-electron chi connectivity index (χ2n) is 6.96. The minimum atomic E-state index is -0.618. The SMILES string of the molecule is CCOC(=O)C1=C(C)N=C(N2CCCC2)N(C(=O)OC(C)(C)C)C1. The first-order valence-corrected chi connectivity index (χ1v) is 8.44. The highest BCUT2D eigenvalue weighted by atomic mass is 16.6. The Morgan fingerprint density at radius 3 is 2.38 bits per heavy atom. The molecule has 0 atom stereocenters. The fourth-order valence-electron chi connectivity index (χ4n) is 2.67. The molecule has 0 radical (unpaired) electrons. The van der Waals surface area contributed by atoms with Crippen LogP contribution in [0.2, 0.25) is 0 Å². The molecule has 24 heavy (non-hydrogen) atoms. The van der Waals surface area contributed by atoms with Crippen molar-refractivity contribution in [1.82, 2.24) is 9.80 Å². The number of rotatable bonds is 2. The lowest BCUT2D eigenvalue weighted by Gasteiger charge is -2.34. The largest absolute Gasteiger partial charge is 0.463 e. The van der Waals surface area contributed by atoms with Crippen LogP contribution in [0.3, 0.4) is 0 Å². The van der Waals surface area contributed by atoms with Crippen molar-refractivity contribution in [3.8, 4) is 0 Å². The molecule has 2 rings (SSSR count). The molecule has 0 aromatic carbocycles. The number of amides is 1. The van der Waals surface area contributed by atoms with Crippen LogP contribution in [0, 0.1) is 0 Å². The van der Waals surface area contributed by atoms with Gasteiger partial charge in [0.1, 0.15) is 5.60 Å². The van der Waals surface area contributed by atoms with Crippen LogP contribution in [0.5, 0.6) is 0 Å². The summed E-state index contributed by atoms with van der Waals surface area (Å²) in [7, 11) is 0. The van der Waals surface area contributed by atoms with Gasteiger partial charge in [0.25, 0.3) is 0 Å². The van der Waals surface area contributed by atoms with E-state index in [1.165, 1.54) is 4.90 Å². The zero-order valence-electron chi connectivity index (χ0n) is 15.2. The number of likely N-dealkylation sites (tertiary alicyclic amines) is 1. The molecule has 0 bridgehead atoms. The van der Waals surface area contributed by atoms with E-state index in [0.29, 0.717) is 17.2 Å². The van der Waals surface area contributed by atoms with Gasteiger partial charge in [-0.15, -0.1) is 0 Å². The van der Waals surface area contributed by atoms with E-state index in [9.17, 15) is 9.59 Å². The summed E-state index contributed by atoms with van der Waals surface area (Å²) in [5.41, 5.74) is 0.369. The molecular weight excluding hydrogens is 310 g/mol. The Hall–Kier alpha value is -2.05. The maximum Gasteiger partial charge on any atom is 0.417 e. The van der Waals surface area contributed by atoms with Crippen LogP contribution in [-0.4, -0.2) is 59.7 Å². The lowest BCUT2D eigenvalue weighted by Crippen LogP contribution is -2.51. The smallest absolute Gasteiger partial charge is 0.417 e. The van der Waals surface area contributed by atoms with Crippen molar-refractivity contribution in [2.45, 2.75) is 53.1 Å². The normalized spacial score (nSPS) is 18.6. The van der Waals surface area contributed by atoms with Crippen LogP contribution in [0.15, 0.2) is 16.3 Å². The van der Waals surface area contributed by atoms with Gasteiger partial charge >= 0.3 is 12.1 Å². The number of aliphatic imine (C=N–C) groups is 1. The van der Waals surface area contributed by atoms with Crippen LogP contribution < -0.4 is 0 Å². The molecule has 0 aromatic heterocycles. The molecule has 1 saturated heterocycles. The predicted octanol–water partition coefficient (Wildman–Crippen LogP) is 2.53. The zero-order chi connectivity index (χ0) is 17.9. The van der Waals surface area contributed by atoms with Crippen LogP contribution in [0.25, 0.3) is 0 Å². The van der Waals surface area contributed by atoms with Gasteiger partial charge in [-0.3, -0.25) is 0 Å². The van der Waals surface area contributed by atoms with E-state index < -0.39 is 17.7 Å². The Kier molecular flexibility index (Phi) is 5.51. The number of nitrogens with zero attached hydrogens (tertiary/aromatic N) is 3. The highest BCUT2D eigenvalue weighted by Crippen LogP contribution is 2.23. The van der Waals surface area contributed by atoms with Crippen molar-refractivity contribution < 1.29 is 19.1 Å². The second kappa shape index (κ2) is 7.23. The summed E-state index contributed by atoms with van der Waals surface area (Å²) in [6, 6.07) is 0. The van der Waals surface area contributed by atoms with Gasteiger partial charge in [-0.2, -0.15) is 0 Å². The molecule has 0 unspecified atom stereocenters. The fourth-order valence-corrected chi connectivity index (χ4v) is 2.67. The molecule has 2 aliphatic rings. The average Bonchev–Trinajstić information content (AvgIpc) is 2.99. The van der Waals surface area contributed by atoms with Gasteiger partial charge in [0.05, 0.1) is 24.4 Å². The Labute approximate surface area is 143 Å². The number of hydrogen-bond acceptors (Lipinski definition) is 6. The summed E-state index contributed by atoms with van der Waals surface area (Å²) in [6.45, 7) is 11.1. The highest BCUT2D eigenvalue weighted by Gasteiger charge is 2.35. The number of carbonyl (C=O) groups excluding carboxylic acids is 2. The van der Waals surface area contributed by atoms with Crippen molar-refractivity contribution in [2.24, 2.45) is 4.99 Å². The van der Waals surface area contributed by atoms with Gasteiger partial charge in [-0.1, -0.05) is 0 Å². The van der Waals surface area contributed by atoms with Gasteiger partial charge in [0.15, 0.2) is 0 Å². The lowest BCUT2D eigenvalue weighted by atomic mass is 10.1. The van der Waals surface area contributed by atoms with E-state index in [-0.39, 0.29) is 13.2 Å². The third-order valence-corrected chi connectivity index (χ3v) is 3.79. The van der Waals surface area contributed by atoms with Crippen molar-refractivity contribution >= 4 is 18.0 Å². The molecule has 2 heterocycles. The van der Waals surface area contributed by atoms with E-state index >= 15 is 0 Å². The van der Waals surface area contributed by atoms with E-state index in [0.717, 1.165) is 25.9 Å². The van der Waals surface area contributed by atoms with E-state index in [2.05, 4.69) is 9.89 Å². The Morgan fingerprint density at radius 1 is 1.21 bits per heavy atom. The standard InChI is InChI=1S/C17H27N3O4/c1-6-23-14(21)13-11-20(16(22)24-17(3,4)5)15(18-12(13)2)19-9-7-8-10-19/h6-11H2,1-5H3. The highest BCUT2D eigenvalue weighted by molar-refractivity contribution is 6.00. The number of hydrogen-bond donors (Lipinski definition) is 0. The molecule has 134 valence electrons. The number of ether oxygens (including phenoxy) is 2. The van der Waals surface area contributed by atoms with Crippen molar-refractivity contribution in [1.29, 1.82) is 0 Å². The van der Waals surface area contributed by atoms with Gasteiger partial charge in [0.2, 0.25) is 5.96 Å². The quantitative estimate of drug-likeness (QED) is 0.724. The molecule has 7 nitrogen and oxygen atoms in total. The van der Waals surface area contributed by atoms with Crippen molar-refractivity contribution in [3.05, 3.63) is 11.3 Å². The van der Waals surface area contributed by atoms with Gasteiger partial charge in [-0.05, 0) is 47.5 Å². The number of guanidine groups is 1. The first kappa shape index (κ1) is 18.3. The fraction of sp³-hybridized carbons (Fsp3) is 0.706. The number of esters is 1. The zero-order valence-corrected chi connectivity index (χ0v) is 15.2. The third-order valence-electron chi connectivity index (χ3n) is 3.79. The number of carbonyl (C=O) groups is 2. The van der Waals surface area contributed by atoms with Gasteiger partial charge in [0, 0.05) is 13.1 Å². The average molecular weight is 337 g/mol. The molecule has 0 spiro atoms. The van der Waals surface area contributed by atoms with E-state index in [4.69, 9.17) is 9.47 Å². The van der Waals surface area contributed by atoms with Crippen LogP contribution in [0.1, 0.15) is 47.5 Å². The first-order chi connectivity index (χ1) is 11.2. The maximum absolute atomic E-state index is 12.6. The monoisotopic (exact) mass is 337 g/mol. The molecule has 2 aliphatic heterocycles. The Morgan fingerprint density at radius 2 is 1.83 bits per heavy atom. The van der Waals surface area contributed by atoms with Crippen molar-refractivity contribution in [3.63, 3.8) is 0 Å². The first-order valence-electron chi connectivity index (χ1n) is 8.44. The van der Waals surface area contributed by atoms with Crippen LogP contribution >= 0.6 is 0 Å². The van der Waals surface area contributed by atoms with Gasteiger partial charge < -0.3 is 14.4 Å². The maximum atomic E-state index is 12.6. The Bertz CT molecular complexity index is 569. The summed E-state index contributed by atoms with van der Waals surface area (Å²) < 4.78 is 10.6. The molecule has 1 amide bonds. The number of allylic oxidation sites excluding steroid dienone is 1. The molecule has 0 aliphatic carbocycles. The summed E-state index contributed by atoms with van der Waals surface area (Å²) in [5.74, 6) is 0.125. The second-order valence-corrected chi connectivity index (χ2v) is 6.96. The topological polar surface area (TPSA) is 71.4 Å². The van der Waals surface area contributed by atoms with E-state index in [1.807, 2.05) is 20.8 Å². The minimum Gasteiger partial charge on any atom is -0.463 e. The minimum absolute atomic E-state index is 0.120. The lowest BCUT2D eigenvalue weighted by molar-refractivity contribution is -0.138. The Balaban J connectivity index is 2.31.